The van der Waals surface area contributed by atoms with Crippen molar-refractivity contribution in [1.82, 2.24) is 0 Å². The third-order valence-corrected chi connectivity index (χ3v) is 3.65. The Balaban J connectivity index is 2.40. The summed E-state index contributed by atoms with van der Waals surface area (Å²) in [5, 5.41) is 10.6. The first-order valence-corrected chi connectivity index (χ1v) is 6.54. The average Bonchev–Trinajstić information content (AvgIpc) is 2.27. The molecule has 0 aliphatic rings. The van der Waals surface area contributed by atoms with Crippen molar-refractivity contribution < 1.29 is 4.92 Å². The topological polar surface area (TPSA) is 43.1 Å². The van der Waals surface area contributed by atoms with Gasteiger partial charge in [-0.2, -0.15) is 0 Å². The van der Waals surface area contributed by atoms with Crippen LogP contribution in [0.25, 0.3) is 0 Å². The number of rotatable bonds is 7. The highest BCUT2D eigenvalue weighted by Crippen LogP contribution is 2.21. The third-order valence-electron chi connectivity index (χ3n) is 2.29. The van der Waals surface area contributed by atoms with Gasteiger partial charge in [-0.25, -0.2) is 0 Å². The number of nitro groups is 1. The molecule has 4 heteroatoms. The lowest BCUT2D eigenvalue weighted by Crippen LogP contribution is -2.16. The number of hydrogen-bond donors (Lipinski definition) is 0. The predicted octanol–water partition coefficient (Wildman–Crippen LogP) is 3.37. The number of thioether (sulfide) groups is 1. The van der Waals surface area contributed by atoms with E-state index in [-0.39, 0.29) is 16.7 Å². The van der Waals surface area contributed by atoms with Gasteiger partial charge in [-0.1, -0.05) is 43.7 Å². The van der Waals surface area contributed by atoms with Gasteiger partial charge in [0.2, 0.25) is 6.54 Å². The van der Waals surface area contributed by atoms with E-state index in [9.17, 15) is 10.1 Å². The lowest BCUT2D eigenvalue weighted by atomic mass is 10.2. The van der Waals surface area contributed by atoms with Crippen LogP contribution in [-0.4, -0.2) is 16.7 Å². The largest absolute Gasteiger partial charge is 0.265 e. The third kappa shape index (κ3) is 5.16. The summed E-state index contributed by atoms with van der Waals surface area (Å²) in [5.41, 5.74) is 1.23. The maximum atomic E-state index is 10.5. The summed E-state index contributed by atoms with van der Waals surface area (Å²) in [5.74, 6) is 0.860. The van der Waals surface area contributed by atoms with E-state index in [0.717, 1.165) is 18.6 Å². The van der Waals surface area contributed by atoms with Crippen LogP contribution in [0, 0.1) is 10.1 Å². The van der Waals surface area contributed by atoms with Gasteiger partial charge in [0, 0.05) is 10.7 Å². The van der Waals surface area contributed by atoms with E-state index in [0.29, 0.717) is 0 Å². The van der Waals surface area contributed by atoms with Gasteiger partial charge >= 0.3 is 0 Å². The summed E-state index contributed by atoms with van der Waals surface area (Å²) in [6, 6.07) is 10.1. The van der Waals surface area contributed by atoms with Crippen LogP contribution < -0.4 is 0 Å². The summed E-state index contributed by atoms with van der Waals surface area (Å²) in [6.07, 6.45) is 1.92. The van der Waals surface area contributed by atoms with Crippen molar-refractivity contribution in [2.45, 2.75) is 30.8 Å². The van der Waals surface area contributed by atoms with E-state index >= 15 is 0 Å². The zero-order chi connectivity index (χ0) is 11.8. The average molecular weight is 239 g/mol. The Labute approximate surface area is 100 Å². The standard InChI is InChI=1S/C12H17NO2S/c1-2-6-12(9-13(14)15)16-10-11-7-4-3-5-8-11/h3-5,7-8,12H,2,6,9-10H2,1H3. The Morgan fingerprint density at radius 2 is 2.06 bits per heavy atom. The van der Waals surface area contributed by atoms with Gasteiger partial charge in [0.05, 0.1) is 5.25 Å². The fourth-order valence-electron chi connectivity index (χ4n) is 1.50. The number of nitrogens with zero attached hydrogens (tertiary/aromatic N) is 1. The van der Waals surface area contributed by atoms with Gasteiger partial charge in [-0.3, -0.25) is 10.1 Å². The zero-order valence-electron chi connectivity index (χ0n) is 9.46. The summed E-state index contributed by atoms with van der Waals surface area (Å²) in [4.78, 5) is 10.3. The maximum Gasteiger partial charge on any atom is 0.215 e. The molecule has 0 spiro atoms. The smallest absolute Gasteiger partial charge is 0.215 e. The quantitative estimate of drug-likeness (QED) is 0.541. The van der Waals surface area contributed by atoms with Crippen molar-refractivity contribution in [3.8, 4) is 0 Å². The Bertz CT molecular complexity index is 316. The second-order valence-corrected chi connectivity index (χ2v) is 5.01. The van der Waals surface area contributed by atoms with Crippen LogP contribution in [0.5, 0.6) is 0 Å². The second kappa shape index (κ2) is 7.28. The summed E-state index contributed by atoms with van der Waals surface area (Å²) in [7, 11) is 0. The molecule has 1 aromatic rings. The first-order chi connectivity index (χ1) is 7.72. The van der Waals surface area contributed by atoms with Crippen molar-refractivity contribution in [2.24, 2.45) is 0 Å². The molecule has 88 valence electrons. The molecule has 1 rings (SSSR count). The molecule has 0 aliphatic carbocycles. The first-order valence-electron chi connectivity index (χ1n) is 5.49. The van der Waals surface area contributed by atoms with Gasteiger partial charge in [-0.05, 0) is 12.0 Å². The summed E-state index contributed by atoms with van der Waals surface area (Å²) in [6.45, 7) is 2.14. The van der Waals surface area contributed by atoms with E-state index in [1.807, 2.05) is 18.2 Å². The Kier molecular flexibility index (Phi) is 5.93. The second-order valence-electron chi connectivity index (χ2n) is 3.72. The Morgan fingerprint density at radius 1 is 1.38 bits per heavy atom. The lowest BCUT2D eigenvalue weighted by molar-refractivity contribution is -0.479. The molecule has 0 fully saturated rings. The minimum atomic E-state index is -0.210. The van der Waals surface area contributed by atoms with Gasteiger partial charge in [-0.15, -0.1) is 11.8 Å². The van der Waals surface area contributed by atoms with Crippen LogP contribution in [0.1, 0.15) is 25.3 Å². The van der Waals surface area contributed by atoms with Crippen molar-refractivity contribution in [3.05, 3.63) is 46.0 Å². The molecule has 0 radical (unpaired) electrons. The monoisotopic (exact) mass is 239 g/mol. The molecule has 1 aromatic carbocycles. The molecule has 1 atom stereocenters. The van der Waals surface area contributed by atoms with Gasteiger partial charge in [0.25, 0.3) is 0 Å². The highest BCUT2D eigenvalue weighted by molar-refractivity contribution is 7.99. The Hall–Kier alpha value is -1.03. The minimum absolute atomic E-state index is 0.0747. The predicted molar refractivity (Wildman–Crippen MR) is 68.3 cm³/mol. The van der Waals surface area contributed by atoms with E-state index in [4.69, 9.17) is 0 Å². The van der Waals surface area contributed by atoms with Gasteiger partial charge in [0.1, 0.15) is 0 Å². The molecular weight excluding hydrogens is 222 g/mol. The molecule has 0 amide bonds. The normalized spacial score (nSPS) is 12.3. The van der Waals surface area contributed by atoms with Crippen molar-refractivity contribution in [2.75, 3.05) is 6.54 Å². The molecule has 3 nitrogen and oxygen atoms in total. The van der Waals surface area contributed by atoms with Gasteiger partial charge < -0.3 is 0 Å². The van der Waals surface area contributed by atoms with Crippen molar-refractivity contribution >= 4 is 11.8 Å². The fraction of sp³-hybridized carbons (Fsp3) is 0.500. The van der Waals surface area contributed by atoms with E-state index in [1.54, 1.807) is 11.8 Å². The van der Waals surface area contributed by atoms with Crippen LogP contribution in [0.15, 0.2) is 30.3 Å². The summed E-state index contributed by atoms with van der Waals surface area (Å²) >= 11 is 1.69. The van der Waals surface area contributed by atoms with Crippen LogP contribution in [-0.2, 0) is 5.75 Å². The lowest BCUT2D eigenvalue weighted by Gasteiger charge is -2.11. The summed E-state index contributed by atoms with van der Waals surface area (Å²) < 4.78 is 0. The van der Waals surface area contributed by atoms with Crippen LogP contribution in [0.3, 0.4) is 0 Å². The molecular formula is C12H17NO2S. The molecule has 16 heavy (non-hydrogen) atoms. The first kappa shape index (κ1) is 13.0. The molecule has 0 saturated carbocycles. The molecule has 0 heterocycles. The van der Waals surface area contributed by atoms with Crippen LogP contribution in [0.2, 0.25) is 0 Å². The van der Waals surface area contributed by atoms with Crippen molar-refractivity contribution in [1.29, 1.82) is 0 Å². The number of benzene rings is 1. The molecule has 0 aromatic heterocycles. The molecule has 0 N–H and O–H groups in total. The molecule has 0 aliphatic heterocycles. The van der Waals surface area contributed by atoms with E-state index in [2.05, 4.69) is 19.1 Å². The van der Waals surface area contributed by atoms with Crippen molar-refractivity contribution in [3.63, 3.8) is 0 Å². The maximum absolute atomic E-state index is 10.5. The zero-order valence-corrected chi connectivity index (χ0v) is 10.3. The highest BCUT2D eigenvalue weighted by Gasteiger charge is 2.14. The Morgan fingerprint density at radius 3 is 2.62 bits per heavy atom. The highest BCUT2D eigenvalue weighted by atomic mass is 32.2. The molecule has 0 bridgehead atoms. The molecule has 0 saturated heterocycles. The fourth-order valence-corrected chi connectivity index (χ4v) is 2.75. The SMILES string of the molecule is CCCC(C[N+](=O)[O-])SCc1ccccc1. The van der Waals surface area contributed by atoms with E-state index in [1.165, 1.54) is 5.56 Å². The minimum Gasteiger partial charge on any atom is -0.265 e. The van der Waals surface area contributed by atoms with E-state index < -0.39 is 0 Å². The van der Waals surface area contributed by atoms with Crippen LogP contribution in [0.4, 0.5) is 0 Å². The molecule has 1 unspecified atom stereocenters. The van der Waals surface area contributed by atoms with Gasteiger partial charge in [0.15, 0.2) is 0 Å². The number of hydrogen-bond acceptors (Lipinski definition) is 3. The van der Waals surface area contributed by atoms with Crippen LogP contribution >= 0.6 is 11.8 Å².